The van der Waals surface area contributed by atoms with Gasteiger partial charge in [0.25, 0.3) is 0 Å². The van der Waals surface area contributed by atoms with Crippen LogP contribution in [0.4, 0.5) is 0 Å². The van der Waals surface area contributed by atoms with E-state index >= 15 is 0 Å². The highest BCUT2D eigenvalue weighted by molar-refractivity contribution is 5.86. The van der Waals surface area contributed by atoms with Crippen molar-refractivity contribution in [2.45, 2.75) is 44.1 Å². The minimum absolute atomic E-state index is 0.0954. The maximum absolute atomic E-state index is 9.16. The molecular weight excluding hydrogens is 234 g/mol. The highest BCUT2D eigenvalue weighted by atomic mass is 14.7. The highest BCUT2D eigenvalue weighted by Gasteiger charge is 2.39. The molecule has 2 aromatic rings. The Kier molecular flexibility index (Phi) is 2.83. The number of hydrogen-bond acceptors (Lipinski definition) is 2. The van der Waals surface area contributed by atoms with E-state index in [1.165, 1.54) is 18.4 Å². The lowest BCUT2D eigenvalue weighted by Crippen LogP contribution is -2.41. The molecule has 98 valence electrons. The number of hydrogen-bond donors (Lipinski definition) is 2. The van der Waals surface area contributed by atoms with E-state index in [-0.39, 0.29) is 11.5 Å². The molecule has 0 aliphatic heterocycles. The van der Waals surface area contributed by atoms with Gasteiger partial charge in [-0.1, -0.05) is 18.9 Å². The van der Waals surface area contributed by atoms with Gasteiger partial charge in [-0.15, -0.1) is 0 Å². The number of rotatable bonds is 2. The summed E-state index contributed by atoms with van der Waals surface area (Å²) in [5.74, 6) is 0. The Morgan fingerprint density at radius 3 is 2.74 bits per heavy atom. The van der Waals surface area contributed by atoms with Crippen molar-refractivity contribution in [1.82, 2.24) is 4.98 Å². The zero-order valence-corrected chi connectivity index (χ0v) is 11.2. The summed E-state index contributed by atoms with van der Waals surface area (Å²) in [7, 11) is 0. The molecule has 1 saturated carbocycles. The fourth-order valence-corrected chi connectivity index (χ4v) is 3.54. The largest absolute Gasteiger partial charge is 0.360 e. The van der Waals surface area contributed by atoms with Gasteiger partial charge in [0, 0.05) is 28.6 Å². The van der Waals surface area contributed by atoms with Crippen molar-refractivity contribution in [2.24, 2.45) is 5.73 Å². The van der Waals surface area contributed by atoms with Crippen LogP contribution in [0.2, 0.25) is 0 Å². The first kappa shape index (κ1) is 12.3. The molecule has 1 aliphatic rings. The Morgan fingerprint density at radius 1 is 1.37 bits per heavy atom. The number of nitrogens with one attached hydrogen (secondary N) is 1. The predicted molar refractivity (Wildman–Crippen MR) is 76.8 cm³/mol. The van der Waals surface area contributed by atoms with Crippen LogP contribution in [0.5, 0.6) is 0 Å². The molecule has 1 heterocycles. The fraction of sp³-hybridized carbons (Fsp3) is 0.438. The third-order valence-electron chi connectivity index (χ3n) is 4.74. The second-order valence-corrected chi connectivity index (χ2v) is 5.73. The number of nitrogens with zero attached hydrogens (tertiary/aromatic N) is 1. The summed E-state index contributed by atoms with van der Waals surface area (Å²) in [5.41, 5.74) is 9.42. The maximum Gasteiger partial charge on any atom is 0.101 e. The normalized spacial score (nSPS) is 19.4. The van der Waals surface area contributed by atoms with E-state index in [4.69, 9.17) is 11.0 Å². The molecule has 1 aromatic carbocycles. The first-order valence-corrected chi connectivity index (χ1v) is 6.95. The van der Waals surface area contributed by atoms with Gasteiger partial charge in [-0.2, -0.15) is 5.26 Å². The molecule has 19 heavy (non-hydrogen) atoms. The van der Waals surface area contributed by atoms with Crippen LogP contribution in [0.15, 0.2) is 24.4 Å². The molecule has 0 saturated heterocycles. The molecule has 0 radical (unpaired) electrons. The predicted octanol–water partition coefficient (Wildman–Crippen LogP) is 3.20. The molecule has 3 nitrogen and oxygen atoms in total. The number of fused-ring (bicyclic) bond motifs is 1. The lowest BCUT2D eigenvalue weighted by Gasteiger charge is -2.34. The Balaban J connectivity index is 2.17. The van der Waals surface area contributed by atoms with Crippen LogP contribution in [0.3, 0.4) is 0 Å². The SMILES string of the molecule is C[C@H](N)C1(c2ccc3[nH]cc(C#N)c3c2)CCCC1. The molecule has 3 N–H and O–H groups in total. The lowest BCUT2D eigenvalue weighted by atomic mass is 9.73. The molecule has 0 amide bonds. The average molecular weight is 253 g/mol. The Bertz CT molecular complexity index is 640. The summed E-state index contributed by atoms with van der Waals surface area (Å²) in [4.78, 5) is 3.14. The van der Waals surface area contributed by atoms with E-state index in [9.17, 15) is 0 Å². The molecule has 1 aromatic heterocycles. The number of nitriles is 1. The van der Waals surface area contributed by atoms with Gasteiger partial charge < -0.3 is 10.7 Å². The van der Waals surface area contributed by atoms with E-state index in [0.29, 0.717) is 0 Å². The van der Waals surface area contributed by atoms with Gasteiger partial charge in [-0.25, -0.2) is 0 Å². The summed E-state index contributed by atoms with van der Waals surface area (Å²) in [6.45, 7) is 2.11. The summed E-state index contributed by atoms with van der Waals surface area (Å²) >= 11 is 0. The summed E-state index contributed by atoms with van der Waals surface area (Å²) in [6.07, 6.45) is 6.59. The van der Waals surface area contributed by atoms with E-state index in [1.54, 1.807) is 6.20 Å². The third kappa shape index (κ3) is 1.75. The zero-order valence-electron chi connectivity index (χ0n) is 11.2. The molecule has 0 bridgehead atoms. The quantitative estimate of drug-likeness (QED) is 0.863. The van der Waals surface area contributed by atoms with Crippen LogP contribution in [0, 0.1) is 11.3 Å². The standard InChI is InChI=1S/C16H19N3/c1-11(18)16(6-2-3-7-16)13-4-5-15-14(8-13)12(9-17)10-19-15/h4-5,8,10-11,19H,2-3,6-7,18H2,1H3/t11-/m0/s1. The van der Waals surface area contributed by atoms with Crippen molar-refractivity contribution in [1.29, 1.82) is 5.26 Å². The molecule has 3 rings (SSSR count). The van der Waals surface area contributed by atoms with Gasteiger partial charge in [0.1, 0.15) is 6.07 Å². The van der Waals surface area contributed by atoms with Crippen molar-refractivity contribution < 1.29 is 0 Å². The van der Waals surface area contributed by atoms with Gasteiger partial charge in [0.2, 0.25) is 0 Å². The lowest BCUT2D eigenvalue weighted by molar-refractivity contribution is 0.369. The number of aromatic nitrogens is 1. The average Bonchev–Trinajstić information content (AvgIpc) is 3.05. The van der Waals surface area contributed by atoms with Crippen molar-refractivity contribution >= 4 is 10.9 Å². The second-order valence-electron chi connectivity index (χ2n) is 5.73. The zero-order chi connectivity index (χ0) is 13.5. The highest BCUT2D eigenvalue weighted by Crippen LogP contribution is 2.44. The van der Waals surface area contributed by atoms with Crippen LogP contribution in [0.1, 0.15) is 43.7 Å². The fourth-order valence-electron chi connectivity index (χ4n) is 3.54. The Labute approximate surface area is 113 Å². The molecule has 1 atom stereocenters. The second kappa shape index (κ2) is 4.40. The van der Waals surface area contributed by atoms with Gasteiger partial charge in [0.05, 0.1) is 5.56 Å². The van der Waals surface area contributed by atoms with Gasteiger partial charge in [-0.05, 0) is 37.5 Å². The maximum atomic E-state index is 9.16. The molecule has 1 aliphatic carbocycles. The molecular formula is C16H19N3. The van der Waals surface area contributed by atoms with Gasteiger partial charge in [-0.3, -0.25) is 0 Å². The van der Waals surface area contributed by atoms with Gasteiger partial charge in [0.15, 0.2) is 0 Å². The van der Waals surface area contributed by atoms with Gasteiger partial charge >= 0.3 is 0 Å². The van der Waals surface area contributed by atoms with Crippen molar-refractivity contribution in [3.05, 3.63) is 35.5 Å². The number of benzene rings is 1. The van der Waals surface area contributed by atoms with Crippen molar-refractivity contribution in [3.63, 3.8) is 0 Å². The molecule has 0 spiro atoms. The molecule has 3 heteroatoms. The topological polar surface area (TPSA) is 65.6 Å². The minimum atomic E-state index is 0.0954. The number of nitrogens with two attached hydrogens (primary N) is 1. The summed E-state index contributed by atoms with van der Waals surface area (Å²) < 4.78 is 0. The van der Waals surface area contributed by atoms with Crippen molar-refractivity contribution in [2.75, 3.05) is 0 Å². The van der Waals surface area contributed by atoms with Crippen LogP contribution in [-0.4, -0.2) is 11.0 Å². The number of aromatic amines is 1. The minimum Gasteiger partial charge on any atom is -0.360 e. The first-order chi connectivity index (χ1) is 9.17. The summed E-state index contributed by atoms with van der Waals surface area (Å²) in [5, 5.41) is 10.2. The first-order valence-electron chi connectivity index (χ1n) is 6.95. The van der Waals surface area contributed by atoms with E-state index in [1.807, 2.05) is 0 Å². The summed E-state index contributed by atoms with van der Waals surface area (Å²) in [6, 6.07) is 8.82. The third-order valence-corrected chi connectivity index (χ3v) is 4.74. The monoisotopic (exact) mass is 253 g/mol. The molecule has 1 fully saturated rings. The van der Waals surface area contributed by atoms with Crippen LogP contribution in [0.25, 0.3) is 10.9 Å². The van der Waals surface area contributed by atoms with Crippen LogP contribution < -0.4 is 5.73 Å². The Morgan fingerprint density at radius 2 is 2.11 bits per heavy atom. The van der Waals surface area contributed by atoms with Crippen molar-refractivity contribution in [3.8, 4) is 6.07 Å². The molecule has 0 unspecified atom stereocenters. The van der Waals surface area contributed by atoms with E-state index in [2.05, 4.69) is 36.2 Å². The smallest absolute Gasteiger partial charge is 0.101 e. The van der Waals surface area contributed by atoms with Crippen LogP contribution in [-0.2, 0) is 5.41 Å². The van der Waals surface area contributed by atoms with E-state index < -0.39 is 0 Å². The Hall–Kier alpha value is -1.79. The number of H-pyrrole nitrogens is 1. The van der Waals surface area contributed by atoms with E-state index in [0.717, 1.165) is 29.3 Å². The van der Waals surface area contributed by atoms with Crippen LogP contribution >= 0.6 is 0 Å².